The predicted octanol–water partition coefficient (Wildman–Crippen LogP) is 0.303. The Bertz CT molecular complexity index is 3390. The molecule has 35 heteroatoms. The lowest BCUT2D eigenvalue weighted by molar-refractivity contribution is -0.139. The Hall–Kier alpha value is -7.25. The molecular weight excluding hydrogens is 1510 g/mol. The lowest BCUT2D eigenvalue weighted by Crippen LogP contribution is -2.63. The van der Waals surface area contributed by atoms with Crippen LogP contribution in [0, 0.1) is 35.0 Å². The third-order valence-electron chi connectivity index (χ3n) is 22.7. The molecule has 5 fully saturated rings. The van der Waals surface area contributed by atoms with Crippen LogP contribution < -0.4 is 85.5 Å². The van der Waals surface area contributed by atoms with Crippen LogP contribution >= 0.6 is 23.5 Å². The number of nitrogens with two attached hydrogens (primary N) is 1. The Morgan fingerprint density at radius 2 is 1.04 bits per heavy atom. The number of hydrogen-bond donors (Lipinski definition) is 19. The van der Waals surface area contributed by atoms with Gasteiger partial charge in [-0.3, -0.25) is 62.3 Å². The number of carbonyl (C=O) groups is 13. The van der Waals surface area contributed by atoms with Gasteiger partial charge < -0.3 is 106 Å². The number of aliphatic carboxylic acids is 1. The van der Waals surface area contributed by atoms with Crippen LogP contribution in [0.5, 0.6) is 0 Å². The number of amides is 12. The van der Waals surface area contributed by atoms with Crippen LogP contribution in [0.25, 0.3) is 0 Å². The molecule has 1 aromatic carbocycles. The second-order valence-corrected chi connectivity index (χ2v) is 35.4. The minimum Gasteiger partial charge on any atom is -0.481 e. The molecule has 3 saturated heterocycles. The molecule has 6 aliphatic rings. The summed E-state index contributed by atoms with van der Waals surface area (Å²) in [6, 6.07) is -7.47. The molecule has 0 aromatic heterocycles. The van der Waals surface area contributed by atoms with E-state index >= 15 is 19.2 Å². The van der Waals surface area contributed by atoms with Crippen molar-refractivity contribution >= 4 is 100 Å². The molecule has 0 radical (unpaired) electrons. The Balaban J connectivity index is 1.23. The summed E-state index contributed by atoms with van der Waals surface area (Å²) in [6.07, 6.45) is 2.83. The van der Waals surface area contributed by atoms with E-state index in [2.05, 4.69) is 79.8 Å². The number of carboxylic acids is 1. The Morgan fingerprint density at radius 3 is 1.55 bits per heavy atom. The first kappa shape index (κ1) is 93.9. The van der Waals surface area contributed by atoms with Crippen molar-refractivity contribution in [1.82, 2.24) is 79.8 Å². The molecule has 1 aromatic rings. The number of methoxy groups -OCH3 is 1. The van der Waals surface area contributed by atoms with Crippen molar-refractivity contribution in [2.75, 3.05) is 44.9 Å². The van der Waals surface area contributed by atoms with Crippen molar-refractivity contribution in [2.45, 2.75) is 299 Å². The zero-order valence-electron chi connectivity index (χ0n) is 67.9. The van der Waals surface area contributed by atoms with Gasteiger partial charge in [-0.1, -0.05) is 85.6 Å². The van der Waals surface area contributed by atoms with E-state index in [-0.39, 0.29) is 93.0 Å². The summed E-state index contributed by atoms with van der Waals surface area (Å²) in [7, 11) is 1.33. The van der Waals surface area contributed by atoms with Gasteiger partial charge in [-0.15, -0.1) is 0 Å². The average Bonchev–Trinajstić information content (AvgIpc) is 1.50. The van der Waals surface area contributed by atoms with Gasteiger partial charge in [-0.2, -0.15) is 23.5 Å². The van der Waals surface area contributed by atoms with Crippen molar-refractivity contribution in [3.8, 4) is 0 Å². The van der Waals surface area contributed by atoms with Gasteiger partial charge in [0, 0.05) is 62.2 Å². The minimum atomic E-state index is -1.63. The number of thioether (sulfide) groups is 2. The molecule has 4 heterocycles. The molecule has 640 valence electrons. The van der Waals surface area contributed by atoms with Gasteiger partial charge in [0.25, 0.3) is 0 Å². The van der Waals surface area contributed by atoms with Crippen LogP contribution in [0.3, 0.4) is 0 Å². The summed E-state index contributed by atoms with van der Waals surface area (Å²) < 4.78 is 5.76. The molecular formula is C79H130N16O17S2. The predicted molar refractivity (Wildman–Crippen MR) is 431 cm³/mol. The van der Waals surface area contributed by atoms with Crippen molar-refractivity contribution < 1.29 is 82.4 Å². The Morgan fingerprint density at radius 1 is 0.553 bits per heavy atom. The van der Waals surface area contributed by atoms with E-state index in [9.17, 15) is 58.5 Å². The molecule has 2 saturated carbocycles. The van der Waals surface area contributed by atoms with Gasteiger partial charge in [0.2, 0.25) is 70.9 Å². The monoisotopic (exact) mass is 1640 g/mol. The first-order chi connectivity index (χ1) is 54.2. The van der Waals surface area contributed by atoms with Crippen molar-refractivity contribution in [2.24, 2.45) is 40.7 Å². The van der Waals surface area contributed by atoms with Crippen LogP contribution in [0.4, 0.5) is 0 Å². The number of aliphatic hydroxyl groups is 2. The summed E-state index contributed by atoms with van der Waals surface area (Å²) in [5, 5.41) is 75.6. The smallest absolute Gasteiger partial charge is 0.303 e. The topological polar surface area (TPSA) is 498 Å². The van der Waals surface area contributed by atoms with Crippen molar-refractivity contribution in [1.29, 1.82) is 0 Å². The molecule has 7 rings (SSSR count). The van der Waals surface area contributed by atoms with E-state index in [1.807, 2.05) is 24.3 Å². The lowest BCUT2D eigenvalue weighted by Gasteiger charge is -2.34. The highest BCUT2D eigenvalue weighted by atomic mass is 32.2. The third kappa shape index (κ3) is 30.0. The first-order valence-electron chi connectivity index (χ1n) is 41.1. The van der Waals surface area contributed by atoms with Gasteiger partial charge in [0.05, 0.1) is 24.5 Å². The second-order valence-electron chi connectivity index (χ2n) is 33.3. The number of carbonyl (C=O) groups excluding carboxylic acids is 12. The number of rotatable bonds is 19. The molecule has 12 amide bonds. The highest BCUT2D eigenvalue weighted by Gasteiger charge is 2.44. The van der Waals surface area contributed by atoms with Crippen LogP contribution in [0.2, 0.25) is 0 Å². The number of benzene rings is 1. The maximum atomic E-state index is 15.3. The number of hydrogen-bond acceptors (Lipinski definition) is 22. The van der Waals surface area contributed by atoms with E-state index in [0.29, 0.717) is 94.8 Å². The van der Waals surface area contributed by atoms with E-state index in [1.165, 1.54) is 30.6 Å². The SMILES string of the molecule is CCC[C@@H]1NC(=O)[C@H](CC2CNC3NCCCC23)NC(=O)[C@H]([C@@H](C)OC)NC(=O)[C@H](CC2CNCN2)NC(=O)[C@H](CC2CCC(O)CC2)NC(=O)[C@H](C(C)(C)C)NC(=O)CCSCc2cccc(c2)CSC[C@@H](C(N)=O)NC(=O)[C@H](C(C)C)NC(=O)[C@H](CCC)NC(=O)[C@H](CC2CCC(O)CC2)NC(=O)[C@H](CCC(=O)O)NC1=O. The fraction of sp³-hybridized carbons (Fsp3) is 0.759. The van der Waals surface area contributed by atoms with Gasteiger partial charge in [0.1, 0.15) is 66.5 Å². The van der Waals surface area contributed by atoms with E-state index in [0.717, 1.165) is 30.5 Å². The first-order valence-corrected chi connectivity index (χ1v) is 43.4. The van der Waals surface area contributed by atoms with Gasteiger partial charge in [0.15, 0.2) is 0 Å². The molecule has 0 spiro atoms. The molecule has 16 atom stereocenters. The number of ether oxygens (including phenoxy) is 1. The molecule has 20 N–H and O–H groups in total. The standard InChI is InChI=1S/C79H130N16O17S2/c1-10-14-54-69(102)87-56(27-28-63(99)100)70(103)88-57(33-45-19-23-51(96)24-20-45)72(105)86-55(15-11-2)71(104)94-64(43(3)4)76(109)92-61(67(80)101)41-114-40-48-17-12-16-47(32-48)39-113-31-29-62(98)93-66(79(6,7)8)78(111)91-58(34-46-21-25-52(97)26-22-46)73(106)89-60(36-50-38-81-42-84-50)75(108)95-65(44(5)112-9)77(110)90-59(74(107)85-54)35-49-37-83-68-53(49)18-13-30-82-68/h12,16-17,32,43-46,49-61,64-66,68,81-84,96-97H,10-11,13-15,18-31,33-42H2,1-9H3,(H2,80,101)(H,85,107)(H,86,105)(H,87,102)(H,88,103)(H,89,106)(H,90,110)(H,91,111)(H,92,109)(H,93,98)(H,94,104)(H,95,108)(H,99,100)/t44-,45?,46?,49?,50?,51?,52?,53?,54+,55+,56+,57+,58+,59+,60+,61+,64+,65+,66-,68?/m1/s1. The van der Waals surface area contributed by atoms with Crippen LogP contribution in [-0.2, 0) is 78.6 Å². The van der Waals surface area contributed by atoms with Crippen molar-refractivity contribution in [3.05, 3.63) is 35.4 Å². The molecule has 33 nitrogen and oxygen atoms in total. The molecule has 4 aliphatic heterocycles. The lowest BCUT2D eigenvalue weighted by atomic mass is 9.82. The Kier molecular flexibility index (Phi) is 38.4. The van der Waals surface area contributed by atoms with Crippen LogP contribution in [0.15, 0.2) is 24.3 Å². The maximum Gasteiger partial charge on any atom is 0.303 e. The molecule has 2 aliphatic carbocycles. The van der Waals surface area contributed by atoms with Crippen LogP contribution in [-0.4, -0.2) is 234 Å². The zero-order valence-corrected chi connectivity index (χ0v) is 69.5. The minimum absolute atomic E-state index is 0.00276. The highest BCUT2D eigenvalue weighted by molar-refractivity contribution is 7.98. The van der Waals surface area contributed by atoms with E-state index in [4.69, 9.17) is 10.5 Å². The second kappa shape index (κ2) is 46.6. The van der Waals surface area contributed by atoms with E-state index < -0.39 is 186 Å². The molecule has 2 bridgehead atoms. The fourth-order valence-electron chi connectivity index (χ4n) is 15.9. The van der Waals surface area contributed by atoms with E-state index in [1.54, 1.807) is 55.4 Å². The summed E-state index contributed by atoms with van der Waals surface area (Å²) in [4.78, 5) is 188. The third-order valence-corrected chi connectivity index (χ3v) is 24.9. The number of nitrogens with one attached hydrogen (secondary N) is 15. The number of carboxylic acid groups (broad SMARTS) is 1. The highest BCUT2D eigenvalue weighted by Crippen LogP contribution is 2.34. The number of fused-ring (bicyclic) bond motifs is 3. The van der Waals surface area contributed by atoms with Gasteiger partial charge in [-0.25, -0.2) is 0 Å². The fourth-order valence-corrected chi connectivity index (χ4v) is 17.8. The number of aliphatic hydroxyl groups excluding tert-OH is 2. The summed E-state index contributed by atoms with van der Waals surface area (Å²) in [6.45, 7) is 15.8. The maximum absolute atomic E-state index is 15.3. The number of primary amides is 1. The zero-order chi connectivity index (χ0) is 83.3. The quantitative estimate of drug-likeness (QED) is 0.0886. The van der Waals surface area contributed by atoms with Crippen molar-refractivity contribution in [3.63, 3.8) is 0 Å². The van der Waals surface area contributed by atoms with Crippen LogP contribution in [0.1, 0.15) is 201 Å². The van der Waals surface area contributed by atoms with Gasteiger partial charge in [-0.05, 0) is 175 Å². The summed E-state index contributed by atoms with van der Waals surface area (Å²) in [5.74, 6) is -10.3. The summed E-state index contributed by atoms with van der Waals surface area (Å²) in [5.41, 5.74) is 6.84. The summed E-state index contributed by atoms with van der Waals surface area (Å²) >= 11 is 2.83. The normalized spacial score (nSPS) is 32.0. The van der Waals surface area contributed by atoms with Gasteiger partial charge >= 0.3 is 5.97 Å². The molecule has 114 heavy (non-hydrogen) atoms. The Labute approximate surface area is 678 Å². The largest absolute Gasteiger partial charge is 0.481 e. The average molecular weight is 1640 g/mol. The number of piperidine rings is 1. The molecule has 4 unspecified atom stereocenters.